The van der Waals surface area contributed by atoms with Crippen LogP contribution in [0.4, 0.5) is 10.9 Å². The normalized spacial score (nSPS) is 10.6. The quantitative estimate of drug-likeness (QED) is 0.526. The molecule has 0 aliphatic rings. The Hall–Kier alpha value is -1.13. The van der Waals surface area contributed by atoms with Crippen molar-refractivity contribution >= 4 is 63.2 Å². The second-order valence-electron chi connectivity index (χ2n) is 4.11. The predicted molar refractivity (Wildman–Crippen MR) is 93.9 cm³/mol. The van der Waals surface area contributed by atoms with E-state index in [9.17, 15) is 4.79 Å². The minimum atomic E-state index is -0.240. The summed E-state index contributed by atoms with van der Waals surface area (Å²) in [5.41, 5.74) is 0. The number of carbonyl (C=O) groups is 1. The van der Waals surface area contributed by atoms with Crippen LogP contribution in [0.5, 0.6) is 0 Å². The monoisotopic (exact) mass is 393 g/mol. The molecule has 0 aliphatic carbocycles. The van der Waals surface area contributed by atoms with Gasteiger partial charge in [-0.25, -0.2) is 4.98 Å². The lowest BCUT2D eigenvalue weighted by Gasteiger charge is -2.05. The first-order chi connectivity index (χ1) is 11.1. The Labute approximate surface area is 151 Å². The molecule has 0 aromatic carbocycles. The van der Waals surface area contributed by atoms with Gasteiger partial charge in [-0.3, -0.25) is 4.79 Å². The number of halogens is 2. The van der Waals surface area contributed by atoms with E-state index in [1.807, 2.05) is 0 Å². The van der Waals surface area contributed by atoms with Gasteiger partial charge in [-0.15, -0.1) is 10.2 Å². The van der Waals surface area contributed by atoms with E-state index in [0.29, 0.717) is 27.6 Å². The summed E-state index contributed by atoms with van der Waals surface area (Å²) in [6, 6.07) is 1.52. The third-order valence-electron chi connectivity index (χ3n) is 2.38. The molecule has 2 aromatic heterocycles. The molecule has 2 aromatic rings. The second-order valence-corrected chi connectivity index (χ2v) is 7.16. The van der Waals surface area contributed by atoms with Gasteiger partial charge in [-0.05, 0) is 6.07 Å². The lowest BCUT2D eigenvalue weighted by molar-refractivity contribution is -0.113. The molecular weight excluding hydrogens is 381 g/mol. The van der Waals surface area contributed by atoms with Crippen molar-refractivity contribution < 1.29 is 9.53 Å². The number of aromatic nitrogens is 3. The molecule has 0 saturated carbocycles. The maximum atomic E-state index is 11.9. The maximum Gasteiger partial charge on any atom is 0.236 e. The van der Waals surface area contributed by atoms with Crippen molar-refractivity contribution in [2.45, 2.75) is 4.34 Å². The topological polar surface area (TPSA) is 89.0 Å². The first-order valence-electron chi connectivity index (χ1n) is 6.38. The number of ether oxygens (including phenoxy) is 1. The van der Waals surface area contributed by atoms with Gasteiger partial charge in [-0.2, -0.15) is 0 Å². The fraction of sp³-hybridized carbons (Fsp3) is 0.333. The van der Waals surface area contributed by atoms with Crippen molar-refractivity contribution in [3.05, 3.63) is 22.3 Å². The van der Waals surface area contributed by atoms with Crippen LogP contribution in [-0.4, -0.2) is 47.1 Å². The summed E-state index contributed by atoms with van der Waals surface area (Å²) >= 11 is 14.4. The number of methoxy groups -OCH3 is 1. The largest absolute Gasteiger partial charge is 0.383 e. The molecule has 1 amide bonds. The molecule has 0 spiro atoms. The van der Waals surface area contributed by atoms with Crippen LogP contribution in [-0.2, 0) is 9.53 Å². The zero-order valence-electron chi connectivity index (χ0n) is 12.0. The van der Waals surface area contributed by atoms with Crippen LogP contribution in [0, 0.1) is 0 Å². The summed E-state index contributed by atoms with van der Waals surface area (Å²) in [5, 5.41) is 15.0. The highest BCUT2D eigenvalue weighted by molar-refractivity contribution is 8.01. The average molecular weight is 394 g/mol. The van der Waals surface area contributed by atoms with Crippen LogP contribution in [0.1, 0.15) is 0 Å². The Kier molecular flexibility index (Phi) is 7.31. The Bertz CT molecular complexity index is 671. The van der Waals surface area contributed by atoms with Crippen LogP contribution in [0.3, 0.4) is 0 Å². The molecule has 124 valence electrons. The number of thioether (sulfide) groups is 1. The van der Waals surface area contributed by atoms with Gasteiger partial charge < -0.3 is 15.4 Å². The highest BCUT2D eigenvalue weighted by Crippen LogP contribution is 2.26. The fourth-order valence-electron chi connectivity index (χ4n) is 1.40. The Morgan fingerprint density at radius 1 is 1.43 bits per heavy atom. The van der Waals surface area contributed by atoms with Gasteiger partial charge in [0, 0.05) is 19.9 Å². The first-order valence-corrected chi connectivity index (χ1v) is 8.94. The van der Waals surface area contributed by atoms with Gasteiger partial charge >= 0.3 is 0 Å². The van der Waals surface area contributed by atoms with Crippen LogP contribution in [0.15, 0.2) is 16.6 Å². The lowest BCUT2D eigenvalue weighted by atomic mass is 10.4. The molecule has 0 unspecified atom stereocenters. The SMILES string of the molecule is COCCNc1nnc(SCC(=O)Nc2ncc(Cl)cc2Cl)s1. The minimum Gasteiger partial charge on any atom is -0.383 e. The number of nitrogens with zero attached hydrogens (tertiary/aromatic N) is 3. The number of anilines is 2. The second kappa shape index (κ2) is 9.24. The highest BCUT2D eigenvalue weighted by Gasteiger charge is 2.11. The van der Waals surface area contributed by atoms with E-state index in [1.54, 1.807) is 7.11 Å². The zero-order chi connectivity index (χ0) is 16.7. The molecule has 2 heterocycles. The molecule has 0 saturated heterocycles. The summed E-state index contributed by atoms with van der Waals surface area (Å²) in [6.45, 7) is 1.23. The van der Waals surface area contributed by atoms with Crippen LogP contribution >= 0.6 is 46.3 Å². The van der Waals surface area contributed by atoms with Crippen molar-refractivity contribution in [3.63, 3.8) is 0 Å². The molecule has 0 radical (unpaired) electrons. The molecule has 0 atom stereocenters. The number of amides is 1. The fourth-order valence-corrected chi connectivity index (χ4v) is 3.41. The minimum absolute atomic E-state index is 0.174. The molecule has 2 N–H and O–H groups in total. The van der Waals surface area contributed by atoms with Gasteiger partial charge in [0.15, 0.2) is 10.2 Å². The molecule has 11 heteroatoms. The standard InChI is InChI=1S/C12H13Cl2N5O2S2/c1-21-3-2-15-11-18-19-12(23-11)22-6-9(20)17-10-8(14)4-7(13)5-16-10/h4-5H,2-3,6H2,1H3,(H,15,18)(H,16,17,20). The van der Waals surface area contributed by atoms with Crippen molar-refractivity contribution in [2.75, 3.05) is 36.6 Å². The first kappa shape index (κ1) is 18.2. The Balaban J connectivity index is 1.80. The summed E-state index contributed by atoms with van der Waals surface area (Å²) in [4.78, 5) is 15.9. The average Bonchev–Trinajstić information content (AvgIpc) is 2.96. The number of hydrogen-bond acceptors (Lipinski definition) is 8. The summed E-state index contributed by atoms with van der Waals surface area (Å²) in [6.07, 6.45) is 1.42. The van der Waals surface area contributed by atoms with Crippen molar-refractivity contribution in [2.24, 2.45) is 0 Å². The smallest absolute Gasteiger partial charge is 0.236 e. The lowest BCUT2D eigenvalue weighted by Crippen LogP contribution is -2.15. The van der Waals surface area contributed by atoms with E-state index >= 15 is 0 Å². The molecular formula is C12H13Cl2N5O2S2. The van der Waals surface area contributed by atoms with Gasteiger partial charge in [0.1, 0.15) is 0 Å². The number of hydrogen-bond donors (Lipinski definition) is 2. The molecule has 0 bridgehead atoms. The zero-order valence-corrected chi connectivity index (χ0v) is 15.2. The Morgan fingerprint density at radius 2 is 2.26 bits per heavy atom. The number of pyridine rings is 1. The van der Waals surface area contributed by atoms with E-state index in [1.165, 1.54) is 35.4 Å². The summed E-state index contributed by atoms with van der Waals surface area (Å²) in [7, 11) is 1.63. The van der Waals surface area contributed by atoms with Gasteiger partial charge in [-0.1, -0.05) is 46.3 Å². The van der Waals surface area contributed by atoms with E-state index in [-0.39, 0.29) is 22.5 Å². The van der Waals surface area contributed by atoms with E-state index in [2.05, 4.69) is 25.8 Å². The van der Waals surface area contributed by atoms with E-state index in [0.717, 1.165) is 0 Å². The molecule has 0 aliphatic heterocycles. The van der Waals surface area contributed by atoms with E-state index in [4.69, 9.17) is 27.9 Å². The third kappa shape index (κ3) is 6.11. The van der Waals surface area contributed by atoms with E-state index < -0.39 is 0 Å². The van der Waals surface area contributed by atoms with Gasteiger partial charge in [0.25, 0.3) is 0 Å². The molecule has 23 heavy (non-hydrogen) atoms. The third-order valence-corrected chi connectivity index (χ3v) is 4.89. The number of nitrogens with one attached hydrogen (secondary N) is 2. The summed E-state index contributed by atoms with van der Waals surface area (Å²) < 4.78 is 5.62. The molecule has 0 fully saturated rings. The molecule has 2 rings (SSSR count). The highest BCUT2D eigenvalue weighted by atomic mass is 35.5. The predicted octanol–water partition coefficient (Wildman–Crippen LogP) is 3.03. The van der Waals surface area contributed by atoms with Gasteiger partial charge in [0.05, 0.1) is 22.4 Å². The Morgan fingerprint density at radius 3 is 3.00 bits per heavy atom. The number of rotatable bonds is 8. The molecule has 7 nitrogen and oxygen atoms in total. The van der Waals surface area contributed by atoms with Crippen LogP contribution in [0.2, 0.25) is 10.0 Å². The van der Waals surface area contributed by atoms with Crippen LogP contribution in [0.25, 0.3) is 0 Å². The van der Waals surface area contributed by atoms with Crippen LogP contribution < -0.4 is 10.6 Å². The maximum absolute atomic E-state index is 11.9. The van der Waals surface area contributed by atoms with Crippen molar-refractivity contribution in [1.82, 2.24) is 15.2 Å². The number of carbonyl (C=O) groups excluding carboxylic acids is 1. The summed E-state index contributed by atoms with van der Waals surface area (Å²) in [5.74, 6) is 0.213. The van der Waals surface area contributed by atoms with Crippen molar-refractivity contribution in [3.8, 4) is 0 Å². The van der Waals surface area contributed by atoms with Gasteiger partial charge in [0.2, 0.25) is 11.0 Å². The van der Waals surface area contributed by atoms with Crippen molar-refractivity contribution in [1.29, 1.82) is 0 Å².